The van der Waals surface area contributed by atoms with E-state index in [1.807, 2.05) is 31.2 Å². The largest absolute Gasteiger partial charge is 0.497 e. The number of hydrogen-bond acceptors (Lipinski definition) is 4. The van der Waals surface area contributed by atoms with Gasteiger partial charge in [0.15, 0.2) is 0 Å². The van der Waals surface area contributed by atoms with Crippen molar-refractivity contribution in [2.75, 3.05) is 12.4 Å². The van der Waals surface area contributed by atoms with Crippen molar-refractivity contribution in [2.24, 2.45) is 0 Å². The molecule has 0 amide bonds. The van der Waals surface area contributed by atoms with Crippen LogP contribution < -0.4 is 10.1 Å². The molecule has 0 radical (unpaired) electrons. The van der Waals surface area contributed by atoms with E-state index in [9.17, 15) is 0 Å². The van der Waals surface area contributed by atoms with Gasteiger partial charge in [0.1, 0.15) is 23.0 Å². The molecule has 0 saturated heterocycles. The molecule has 1 atom stereocenters. The second-order valence-electron chi connectivity index (χ2n) is 4.28. The summed E-state index contributed by atoms with van der Waals surface area (Å²) in [6.07, 6.45) is 1.45. The zero-order valence-corrected chi connectivity index (χ0v) is 11.9. The molecule has 1 aromatic carbocycles. The molecule has 0 fully saturated rings. The molecule has 1 unspecified atom stereocenters. The molecule has 1 heterocycles. The predicted molar refractivity (Wildman–Crippen MR) is 76.8 cm³/mol. The lowest BCUT2D eigenvalue weighted by Crippen LogP contribution is -2.09. The third kappa shape index (κ3) is 3.15. The molecule has 19 heavy (non-hydrogen) atoms. The Hall–Kier alpha value is -1.81. The maximum absolute atomic E-state index is 5.98. The second-order valence-corrected chi connectivity index (χ2v) is 4.64. The first-order valence-electron chi connectivity index (χ1n) is 5.99. The van der Waals surface area contributed by atoms with Gasteiger partial charge in [-0.15, -0.1) is 0 Å². The fourth-order valence-electron chi connectivity index (χ4n) is 1.77. The SMILES string of the molecule is COc1cccc(C(C)Nc2ncnc(Cl)c2C)c1. The number of halogens is 1. The lowest BCUT2D eigenvalue weighted by Gasteiger charge is -2.17. The van der Waals surface area contributed by atoms with Crippen LogP contribution in [0.3, 0.4) is 0 Å². The summed E-state index contributed by atoms with van der Waals surface area (Å²) in [4.78, 5) is 8.15. The van der Waals surface area contributed by atoms with E-state index in [1.165, 1.54) is 6.33 Å². The monoisotopic (exact) mass is 277 g/mol. The van der Waals surface area contributed by atoms with Crippen LogP contribution in [-0.2, 0) is 0 Å². The molecule has 0 aliphatic heterocycles. The summed E-state index contributed by atoms with van der Waals surface area (Å²) >= 11 is 5.98. The number of rotatable bonds is 4. The third-order valence-electron chi connectivity index (χ3n) is 2.97. The van der Waals surface area contributed by atoms with E-state index in [4.69, 9.17) is 16.3 Å². The number of nitrogens with zero attached hydrogens (tertiary/aromatic N) is 2. The molecule has 0 bridgehead atoms. The maximum Gasteiger partial charge on any atom is 0.137 e. The minimum absolute atomic E-state index is 0.0970. The van der Waals surface area contributed by atoms with Gasteiger partial charge in [0.25, 0.3) is 0 Å². The molecule has 2 aromatic rings. The minimum Gasteiger partial charge on any atom is -0.497 e. The Labute approximate surface area is 117 Å². The first-order chi connectivity index (χ1) is 9.11. The van der Waals surface area contributed by atoms with E-state index in [-0.39, 0.29) is 6.04 Å². The molecule has 1 N–H and O–H groups in total. The number of ether oxygens (including phenoxy) is 1. The number of methoxy groups -OCH3 is 1. The molecule has 0 aliphatic carbocycles. The number of nitrogens with one attached hydrogen (secondary N) is 1. The van der Waals surface area contributed by atoms with Crippen LogP contribution in [0.5, 0.6) is 5.75 Å². The van der Waals surface area contributed by atoms with E-state index >= 15 is 0 Å². The lowest BCUT2D eigenvalue weighted by molar-refractivity contribution is 0.414. The van der Waals surface area contributed by atoms with E-state index < -0.39 is 0 Å². The van der Waals surface area contributed by atoms with Crippen LogP contribution in [-0.4, -0.2) is 17.1 Å². The summed E-state index contributed by atoms with van der Waals surface area (Å²) in [6, 6.07) is 8.02. The molecular weight excluding hydrogens is 262 g/mol. The van der Waals surface area contributed by atoms with E-state index in [2.05, 4.69) is 22.2 Å². The summed E-state index contributed by atoms with van der Waals surface area (Å²) in [5.41, 5.74) is 1.97. The van der Waals surface area contributed by atoms with Gasteiger partial charge in [-0.25, -0.2) is 9.97 Å². The number of benzene rings is 1. The molecule has 0 spiro atoms. The Morgan fingerprint density at radius 3 is 2.84 bits per heavy atom. The lowest BCUT2D eigenvalue weighted by atomic mass is 10.1. The smallest absolute Gasteiger partial charge is 0.137 e. The number of hydrogen-bond donors (Lipinski definition) is 1. The van der Waals surface area contributed by atoms with Gasteiger partial charge in [0, 0.05) is 5.56 Å². The second kappa shape index (κ2) is 5.89. The topological polar surface area (TPSA) is 47.0 Å². The molecule has 2 rings (SSSR count). The third-order valence-corrected chi connectivity index (χ3v) is 3.35. The van der Waals surface area contributed by atoms with Crippen LogP contribution in [0.4, 0.5) is 5.82 Å². The van der Waals surface area contributed by atoms with E-state index in [1.54, 1.807) is 7.11 Å². The highest BCUT2D eigenvalue weighted by Gasteiger charge is 2.10. The summed E-state index contributed by atoms with van der Waals surface area (Å²) in [6.45, 7) is 3.95. The summed E-state index contributed by atoms with van der Waals surface area (Å²) in [5.74, 6) is 1.58. The summed E-state index contributed by atoms with van der Waals surface area (Å²) in [7, 11) is 1.66. The van der Waals surface area contributed by atoms with E-state index in [0.717, 1.165) is 22.7 Å². The van der Waals surface area contributed by atoms with Crippen LogP contribution in [0.15, 0.2) is 30.6 Å². The highest BCUT2D eigenvalue weighted by atomic mass is 35.5. The van der Waals surface area contributed by atoms with Crippen LogP contribution in [0.25, 0.3) is 0 Å². The summed E-state index contributed by atoms with van der Waals surface area (Å²) < 4.78 is 5.22. The van der Waals surface area contributed by atoms with Gasteiger partial charge >= 0.3 is 0 Å². The quantitative estimate of drug-likeness (QED) is 0.867. The average Bonchev–Trinajstić information content (AvgIpc) is 2.44. The van der Waals surface area contributed by atoms with Crippen LogP contribution >= 0.6 is 11.6 Å². The van der Waals surface area contributed by atoms with Crippen molar-refractivity contribution < 1.29 is 4.74 Å². The average molecular weight is 278 g/mol. The Kier molecular flexibility index (Phi) is 4.22. The highest BCUT2D eigenvalue weighted by Crippen LogP contribution is 2.25. The molecule has 1 aromatic heterocycles. The zero-order valence-electron chi connectivity index (χ0n) is 11.1. The maximum atomic E-state index is 5.98. The van der Waals surface area contributed by atoms with Gasteiger partial charge in [0.2, 0.25) is 0 Å². The molecule has 4 nitrogen and oxygen atoms in total. The fourth-order valence-corrected chi connectivity index (χ4v) is 1.91. The zero-order chi connectivity index (χ0) is 13.8. The van der Waals surface area contributed by atoms with Crippen molar-refractivity contribution in [1.29, 1.82) is 0 Å². The van der Waals surface area contributed by atoms with Crippen molar-refractivity contribution in [3.63, 3.8) is 0 Å². The van der Waals surface area contributed by atoms with Crippen molar-refractivity contribution >= 4 is 17.4 Å². The van der Waals surface area contributed by atoms with Gasteiger partial charge in [-0.1, -0.05) is 23.7 Å². The van der Waals surface area contributed by atoms with Gasteiger partial charge in [-0.05, 0) is 31.5 Å². The van der Waals surface area contributed by atoms with Gasteiger partial charge in [-0.3, -0.25) is 0 Å². The van der Waals surface area contributed by atoms with Gasteiger partial charge in [-0.2, -0.15) is 0 Å². The van der Waals surface area contributed by atoms with Crippen LogP contribution in [0.2, 0.25) is 5.15 Å². The number of aromatic nitrogens is 2. The van der Waals surface area contributed by atoms with Crippen molar-refractivity contribution in [2.45, 2.75) is 19.9 Å². The summed E-state index contributed by atoms with van der Waals surface area (Å²) in [5, 5.41) is 3.80. The number of anilines is 1. The first kappa shape index (κ1) is 13.6. The van der Waals surface area contributed by atoms with Gasteiger partial charge < -0.3 is 10.1 Å². The Balaban J connectivity index is 2.20. The standard InChI is InChI=1S/C14H16ClN3O/c1-9-13(15)16-8-17-14(9)18-10(2)11-5-4-6-12(7-11)19-3/h4-8,10H,1-3H3,(H,16,17,18). The Morgan fingerprint density at radius 2 is 2.11 bits per heavy atom. The Morgan fingerprint density at radius 1 is 1.32 bits per heavy atom. The molecule has 5 heteroatoms. The van der Waals surface area contributed by atoms with Crippen molar-refractivity contribution in [3.8, 4) is 5.75 Å². The van der Waals surface area contributed by atoms with Crippen molar-refractivity contribution in [1.82, 2.24) is 9.97 Å². The van der Waals surface area contributed by atoms with Gasteiger partial charge in [0.05, 0.1) is 13.2 Å². The van der Waals surface area contributed by atoms with Crippen molar-refractivity contribution in [3.05, 3.63) is 46.9 Å². The Bertz CT molecular complexity index is 574. The molecular formula is C14H16ClN3O. The predicted octanol–water partition coefficient (Wildman–Crippen LogP) is 3.62. The van der Waals surface area contributed by atoms with Crippen LogP contribution in [0, 0.1) is 6.92 Å². The molecule has 100 valence electrons. The first-order valence-corrected chi connectivity index (χ1v) is 6.37. The van der Waals surface area contributed by atoms with Crippen LogP contribution in [0.1, 0.15) is 24.1 Å². The highest BCUT2D eigenvalue weighted by molar-refractivity contribution is 6.30. The molecule has 0 saturated carbocycles. The fraction of sp³-hybridized carbons (Fsp3) is 0.286. The van der Waals surface area contributed by atoms with E-state index in [0.29, 0.717) is 5.15 Å². The normalized spacial score (nSPS) is 12.0. The molecule has 0 aliphatic rings. The minimum atomic E-state index is 0.0970.